The van der Waals surface area contributed by atoms with Crippen LogP contribution >= 0.6 is 22.7 Å². The Morgan fingerprint density at radius 3 is 1.19 bits per heavy atom. The summed E-state index contributed by atoms with van der Waals surface area (Å²) >= 11 is 4.02. The van der Waals surface area contributed by atoms with Gasteiger partial charge in [0, 0.05) is 30.6 Å². The lowest BCUT2D eigenvalue weighted by Crippen LogP contribution is -2.11. The molecule has 0 aliphatic rings. The summed E-state index contributed by atoms with van der Waals surface area (Å²) in [5, 5.41) is 38.4. The first-order valence-corrected chi connectivity index (χ1v) is 19.0. The van der Waals surface area contributed by atoms with E-state index in [4.69, 9.17) is 21.0 Å². The Bertz CT molecular complexity index is 1910. The van der Waals surface area contributed by atoms with E-state index in [1.165, 1.54) is 155 Å². The molecule has 244 valence electrons. The number of rotatable bonds is 14. The van der Waals surface area contributed by atoms with Crippen LogP contribution < -0.4 is 10.4 Å². The zero-order valence-electron chi connectivity index (χ0n) is 28.3. The molecule has 0 bridgehead atoms. The van der Waals surface area contributed by atoms with Gasteiger partial charge in [-0.1, -0.05) is 127 Å². The highest BCUT2D eigenvalue weighted by Crippen LogP contribution is 2.44. The molecule has 5 rings (SSSR count). The SMILES string of the molecule is CCCCCCCCc1ccc2c(c1)sc1c3ccc(CCCCCCCC)cc3sc21.N#CC(C#N)=c1ccc(=C(C#N)C#N)cc1. The highest BCUT2D eigenvalue weighted by molar-refractivity contribution is 7.36. The second-order valence-corrected chi connectivity index (χ2v) is 14.4. The molecule has 0 fully saturated rings. The minimum absolute atomic E-state index is 0.00187. The molecule has 2 heterocycles. The summed E-state index contributed by atoms with van der Waals surface area (Å²) in [5.74, 6) is 0. The maximum atomic E-state index is 8.63. The van der Waals surface area contributed by atoms with E-state index in [0.29, 0.717) is 10.4 Å². The number of benzene rings is 3. The Hall–Kier alpha value is -4.46. The number of hydrogen-bond acceptors (Lipinski definition) is 6. The lowest BCUT2D eigenvalue weighted by atomic mass is 10.0. The molecule has 0 radical (unpaired) electrons. The van der Waals surface area contributed by atoms with E-state index in [1.54, 1.807) is 24.3 Å². The lowest BCUT2D eigenvalue weighted by Gasteiger charge is -2.03. The van der Waals surface area contributed by atoms with Gasteiger partial charge in [0.05, 0.1) is 9.40 Å². The molecule has 0 saturated carbocycles. The van der Waals surface area contributed by atoms with Crippen LogP contribution in [0.4, 0.5) is 0 Å². The van der Waals surface area contributed by atoms with Crippen LogP contribution in [0.25, 0.3) is 40.7 Å². The average molecular weight is 669 g/mol. The van der Waals surface area contributed by atoms with Crippen molar-refractivity contribution < 1.29 is 0 Å². The second-order valence-electron chi connectivity index (χ2n) is 12.3. The summed E-state index contributed by atoms with van der Waals surface area (Å²) in [6.45, 7) is 4.58. The van der Waals surface area contributed by atoms with E-state index in [1.807, 2.05) is 22.7 Å². The molecule has 5 aromatic rings. The molecule has 0 saturated heterocycles. The zero-order chi connectivity index (χ0) is 34.1. The summed E-state index contributed by atoms with van der Waals surface area (Å²) in [5.41, 5.74) is 3.05. The van der Waals surface area contributed by atoms with Crippen molar-refractivity contribution in [1.29, 1.82) is 21.0 Å². The van der Waals surface area contributed by atoms with Gasteiger partial charge < -0.3 is 0 Å². The van der Waals surface area contributed by atoms with Gasteiger partial charge in [0.2, 0.25) is 0 Å². The Morgan fingerprint density at radius 1 is 0.479 bits per heavy atom. The van der Waals surface area contributed by atoms with Crippen LogP contribution in [0.1, 0.15) is 102 Å². The standard InChI is InChI=1S/C30H40S2.C12H4N4/c1-3-5-7-9-11-13-15-23-17-19-25-27(21-23)31-30-26-20-18-24(22-28(26)32-29(25)30)16-14-12-10-8-6-4-2;13-5-11(6-14)9-1-2-10(4-3-9)12(7-15)8-16/h17-22H,3-16H2,1-2H3;1-4H. The fraction of sp³-hybridized carbons (Fsp3) is 0.381. The number of thiophene rings is 2. The molecule has 2 aromatic heterocycles. The van der Waals surface area contributed by atoms with Crippen LogP contribution in [0.2, 0.25) is 0 Å². The molecular formula is C42H44N4S2. The average Bonchev–Trinajstić information content (AvgIpc) is 3.65. The molecule has 0 amide bonds. The maximum Gasteiger partial charge on any atom is 0.136 e. The summed E-state index contributed by atoms with van der Waals surface area (Å²) in [6.07, 6.45) is 19.0. The first-order valence-electron chi connectivity index (χ1n) is 17.4. The number of nitriles is 4. The van der Waals surface area contributed by atoms with E-state index in [-0.39, 0.29) is 11.1 Å². The number of nitrogens with zero attached hydrogens (tertiary/aromatic N) is 4. The highest BCUT2D eigenvalue weighted by Gasteiger charge is 2.13. The summed E-state index contributed by atoms with van der Waals surface area (Å²) in [6, 6.07) is 27.7. The molecule has 48 heavy (non-hydrogen) atoms. The molecular weight excluding hydrogens is 625 g/mol. The van der Waals surface area contributed by atoms with Gasteiger partial charge >= 0.3 is 0 Å². The van der Waals surface area contributed by atoms with E-state index in [0.717, 1.165) is 0 Å². The third-order valence-corrected chi connectivity index (χ3v) is 11.3. The van der Waals surface area contributed by atoms with Gasteiger partial charge in [-0.2, -0.15) is 21.0 Å². The Labute approximate surface area is 293 Å². The van der Waals surface area contributed by atoms with E-state index in [2.05, 4.69) is 50.2 Å². The number of unbranched alkanes of at least 4 members (excludes halogenated alkanes) is 10. The Balaban J connectivity index is 0.000000274. The van der Waals surface area contributed by atoms with E-state index in [9.17, 15) is 0 Å². The van der Waals surface area contributed by atoms with Gasteiger partial charge in [-0.05, 0) is 48.9 Å². The monoisotopic (exact) mass is 668 g/mol. The Kier molecular flexibility index (Phi) is 14.7. The van der Waals surface area contributed by atoms with Crippen molar-refractivity contribution in [3.8, 4) is 24.3 Å². The summed E-state index contributed by atoms with van der Waals surface area (Å²) in [4.78, 5) is 0. The minimum Gasteiger partial charge on any atom is -0.192 e. The van der Waals surface area contributed by atoms with Crippen molar-refractivity contribution in [3.63, 3.8) is 0 Å². The van der Waals surface area contributed by atoms with Gasteiger partial charge in [-0.3, -0.25) is 0 Å². The van der Waals surface area contributed by atoms with Crippen LogP contribution in [0.3, 0.4) is 0 Å². The van der Waals surface area contributed by atoms with Crippen LogP contribution in [0, 0.1) is 45.3 Å². The lowest BCUT2D eigenvalue weighted by molar-refractivity contribution is 0.607. The quantitative estimate of drug-likeness (QED) is 0.110. The molecule has 0 atom stereocenters. The molecule has 0 unspecified atom stereocenters. The van der Waals surface area contributed by atoms with Crippen molar-refractivity contribution >= 4 is 63.4 Å². The fourth-order valence-corrected chi connectivity index (χ4v) is 8.77. The highest BCUT2D eigenvalue weighted by atomic mass is 32.1. The van der Waals surface area contributed by atoms with Crippen molar-refractivity contribution in [2.75, 3.05) is 0 Å². The fourth-order valence-electron chi connectivity index (χ4n) is 5.99. The smallest absolute Gasteiger partial charge is 0.136 e. The van der Waals surface area contributed by atoms with Crippen LogP contribution in [-0.4, -0.2) is 0 Å². The molecule has 4 nitrogen and oxygen atoms in total. The van der Waals surface area contributed by atoms with Gasteiger partial charge in [-0.25, -0.2) is 0 Å². The largest absolute Gasteiger partial charge is 0.192 e. The van der Waals surface area contributed by atoms with Gasteiger partial charge in [0.25, 0.3) is 0 Å². The first-order chi connectivity index (χ1) is 23.6. The Morgan fingerprint density at radius 2 is 0.833 bits per heavy atom. The van der Waals surface area contributed by atoms with Crippen LogP contribution in [-0.2, 0) is 12.8 Å². The first kappa shape index (κ1) is 36.4. The molecule has 6 heteroatoms. The van der Waals surface area contributed by atoms with Gasteiger partial charge in [-0.15, -0.1) is 22.7 Å². The van der Waals surface area contributed by atoms with Crippen molar-refractivity contribution in [2.45, 2.75) is 104 Å². The predicted octanol–water partition coefficient (Wildman–Crippen LogP) is 11.2. The number of fused-ring (bicyclic) bond motifs is 5. The van der Waals surface area contributed by atoms with Crippen molar-refractivity contribution in [2.24, 2.45) is 0 Å². The third kappa shape index (κ3) is 9.78. The topological polar surface area (TPSA) is 95.2 Å². The predicted molar refractivity (Wildman–Crippen MR) is 204 cm³/mol. The van der Waals surface area contributed by atoms with E-state index < -0.39 is 0 Å². The number of aryl methyl sites for hydroxylation is 2. The summed E-state index contributed by atoms with van der Waals surface area (Å²) < 4.78 is 5.96. The van der Waals surface area contributed by atoms with E-state index >= 15 is 0 Å². The molecule has 0 N–H and O–H groups in total. The summed E-state index contributed by atoms with van der Waals surface area (Å²) in [7, 11) is 0. The normalized spacial score (nSPS) is 10.5. The van der Waals surface area contributed by atoms with Crippen molar-refractivity contribution in [1.82, 2.24) is 0 Å². The number of hydrogen-bond donors (Lipinski definition) is 0. The van der Waals surface area contributed by atoms with Gasteiger partial charge in [0.15, 0.2) is 0 Å². The van der Waals surface area contributed by atoms with Crippen LogP contribution in [0.5, 0.6) is 0 Å². The van der Waals surface area contributed by atoms with Gasteiger partial charge in [0.1, 0.15) is 35.4 Å². The molecule has 0 aliphatic carbocycles. The van der Waals surface area contributed by atoms with Crippen molar-refractivity contribution in [3.05, 3.63) is 82.2 Å². The zero-order valence-corrected chi connectivity index (χ0v) is 29.9. The maximum absolute atomic E-state index is 8.63. The van der Waals surface area contributed by atoms with Crippen LogP contribution in [0.15, 0.2) is 60.7 Å². The molecule has 0 spiro atoms. The minimum atomic E-state index is 0.00187. The molecule has 0 aliphatic heterocycles. The second kappa shape index (κ2) is 19.4. The third-order valence-electron chi connectivity index (χ3n) is 8.76. The molecule has 3 aromatic carbocycles.